The number of fused-ring (bicyclic) bond motifs is 8. The molecule has 2 saturated heterocycles. The maximum absolute atomic E-state index is 10.9. The topological polar surface area (TPSA) is 53.4 Å². The largest absolute Gasteiger partial charge is 0.507 e. The van der Waals surface area contributed by atoms with Crippen molar-refractivity contribution < 1.29 is 10.2 Å². The van der Waals surface area contributed by atoms with Crippen LogP contribution in [0.25, 0.3) is 0 Å². The molecule has 0 aromatic heterocycles. The zero-order valence-electron chi connectivity index (χ0n) is 16.8. The summed E-state index contributed by atoms with van der Waals surface area (Å²) in [5.74, 6) is 0.719. The number of phenols is 2. The molecule has 8 bridgehead atoms. The second kappa shape index (κ2) is 8.19. The lowest BCUT2D eigenvalue weighted by Gasteiger charge is -2.23. The first-order valence-electron chi connectivity index (χ1n) is 10.3. The van der Waals surface area contributed by atoms with Gasteiger partial charge in [-0.15, -0.1) is 0 Å². The summed E-state index contributed by atoms with van der Waals surface area (Å²) in [6.07, 6.45) is 0. The minimum absolute atomic E-state index is 0.359. The molecule has 3 aliphatic rings. The molecule has 0 radical (unpaired) electrons. The van der Waals surface area contributed by atoms with E-state index in [-0.39, 0.29) is 0 Å². The van der Waals surface area contributed by atoms with Gasteiger partial charge in [-0.25, -0.2) is 0 Å². The van der Waals surface area contributed by atoms with E-state index in [9.17, 15) is 10.2 Å². The van der Waals surface area contributed by atoms with Gasteiger partial charge in [0.05, 0.1) is 13.3 Å². The monoisotopic (exact) mass is 448 g/mol. The Kier molecular flexibility index (Phi) is 5.56. The summed E-state index contributed by atoms with van der Waals surface area (Å²) in [5.41, 5.74) is 3.48. The zero-order chi connectivity index (χ0) is 20.8. The molecule has 0 spiro atoms. The highest BCUT2D eigenvalue weighted by Crippen LogP contribution is 2.33. The van der Waals surface area contributed by atoms with Gasteiger partial charge in [0.25, 0.3) is 0 Å². The molecule has 0 saturated carbocycles. The summed E-state index contributed by atoms with van der Waals surface area (Å²) in [7, 11) is 0. The molecular formula is C22H26Cl2N4O2. The third-order valence-electron chi connectivity index (χ3n) is 6.31. The van der Waals surface area contributed by atoms with Crippen molar-refractivity contribution in [2.24, 2.45) is 0 Å². The molecule has 4 unspecified atom stereocenters. The summed E-state index contributed by atoms with van der Waals surface area (Å²) in [6.45, 7) is 7.71. The van der Waals surface area contributed by atoms with Crippen LogP contribution in [0.2, 0.25) is 10.0 Å². The molecular weight excluding hydrogens is 423 g/mol. The lowest BCUT2D eigenvalue weighted by atomic mass is 10.1. The Balaban J connectivity index is 1.50. The molecule has 2 aromatic rings. The van der Waals surface area contributed by atoms with Crippen LogP contribution in [0.4, 0.5) is 0 Å². The van der Waals surface area contributed by atoms with Crippen molar-refractivity contribution in [1.82, 2.24) is 19.6 Å². The van der Waals surface area contributed by atoms with Crippen LogP contribution in [0, 0.1) is 0 Å². The van der Waals surface area contributed by atoms with E-state index in [4.69, 9.17) is 23.2 Å². The van der Waals surface area contributed by atoms with Crippen LogP contribution in [-0.4, -0.2) is 69.3 Å². The van der Waals surface area contributed by atoms with Crippen LogP contribution in [0.15, 0.2) is 24.3 Å². The Morgan fingerprint density at radius 2 is 0.800 bits per heavy atom. The molecule has 3 heterocycles. The highest BCUT2D eigenvalue weighted by Gasteiger charge is 2.27. The average Bonchev–Trinajstić information content (AvgIpc) is 3.31. The van der Waals surface area contributed by atoms with Crippen LogP contribution in [0.3, 0.4) is 0 Å². The molecule has 8 heteroatoms. The van der Waals surface area contributed by atoms with Gasteiger partial charge >= 0.3 is 0 Å². The molecule has 0 aliphatic carbocycles. The molecule has 2 fully saturated rings. The molecule has 5 rings (SSSR count). The first kappa shape index (κ1) is 20.4. The molecule has 160 valence electrons. The van der Waals surface area contributed by atoms with Crippen molar-refractivity contribution in [2.75, 3.05) is 39.5 Å². The number of phenolic OH excluding ortho intramolecular Hbond substituents is 2. The summed E-state index contributed by atoms with van der Waals surface area (Å²) in [5, 5.41) is 23.2. The van der Waals surface area contributed by atoms with Crippen molar-refractivity contribution >= 4 is 23.2 Å². The quantitative estimate of drug-likeness (QED) is 0.644. The molecule has 2 aromatic carbocycles. The standard InChI is InChI=1S/C22H26Cl2N4O2/c23-19-5-15-9-25-1-2-26(13-25)10-16-6-20(24)8-18(22(16)30)12-28-4-3-27(14-28)11-17(7-19)21(15)29/h5-8,29-30H,1-4,9-14H2. The fraction of sp³-hybridized carbons (Fsp3) is 0.455. The number of aromatic hydroxyl groups is 2. The van der Waals surface area contributed by atoms with Crippen molar-refractivity contribution in [3.63, 3.8) is 0 Å². The maximum atomic E-state index is 10.9. The van der Waals surface area contributed by atoms with Crippen LogP contribution in [-0.2, 0) is 26.2 Å². The third-order valence-corrected chi connectivity index (χ3v) is 6.74. The lowest BCUT2D eigenvalue weighted by molar-refractivity contribution is 0.224. The number of benzene rings is 2. The Bertz CT molecular complexity index is 827. The van der Waals surface area contributed by atoms with Gasteiger partial charge in [0.15, 0.2) is 0 Å². The van der Waals surface area contributed by atoms with Crippen molar-refractivity contribution in [1.29, 1.82) is 0 Å². The second-order valence-electron chi connectivity index (χ2n) is 8.64. The number of nitrogens with zero attached hydrogens (tertiary/aromatic N) is 4. The lowest BCUT2D eigenvalue weighted by Crippen LogP contribution is -2.27. The van der Waals surface area contributed by atoms with E-state index in [0.717, 1.165) is 61.8 Å². The molecule has 3 aliphatic heterocycles. The Morgan fingerprint density at radius 3 is 1.07 bits per heavy atom. The number of hydrogen-bond donors (Lipinski definition) is 2. The first-order chi connectivity index (χ1) is 14.4. The molecule has 2 N–H and O–H groups in total. The highest BCUT2D eigenvalue weighted by atomic mass is 35.5. The predicted octanol–water partition coefficient (Wildman–Crippen LogP) is 3.27. The maximum Gasteiger partial charge on any atom is 0.124 e. The van der Waals surface area contributed by atoms with Gasteiger partial charge in [0.2, 0.25) is 0 Å². The summed E-state index contributed by atoms with van der Waals surface area (Å²) in [4.78, 5) is 9.17. The van der Waals surface area contributed by atoms with E-state index in [0.29, 0.717) is 47.7 Å². The summed E-state index contributed by atoms with van der Waals surface area (Å²) < 4.78 is 0. The number of hydrogen-bond acceptors (Lipinski definition) is 6. The van der Waals surface area contributed by atoms with Crippen molar-refractivity contribution in [3.8, 4) is 11.5 Å². The summed E-state index contributed by atoms with van der Waals surface area (Å²) in [6, 6.07) is 7.49. The molecule has 6 nitrogen and oxygen atoms in total. The minimum Gasteiger partial charge on any atom is -0.507 e. The van der Waals surface area contributed by atoms with Gasteiger partial charge in [-0.2, -0.15) is 0 Å². The van der Waals surface area contributed by atoms with E-state index >= 15 is 0 Å². The van der Waals surface area contributed by atoms with Crippen LogP contribution < -0.4 is 0 Å². The molecule has 4 atom stereocenters. The predicted molar refractivity (Wildman–Crippen MR) is 118 cm³/mol. The van der Waals surface area contributed by atoms with E-state index in [2.05, 4.69) is 19.6 Å². The normalized spacial score (nSPS) is 28.6. The van der Waals surface area contributed by atoms with Gasteiger partial charge in [-0.05, 0) is 24.3 Å². The highest BCUT2D eigenvalue weighted by molar-refractivity contribution is 6.31. The van der Waals surface area contributed by atoms with Crippen LogP contribution >= 0.6 is 23.2 Å². The summed E-state index contributed by atoms with van der Waals surface area (Å²) >= 11 is 12.8. The van der Waals surface area contributed by atoms with Crippen molar-refractivity contribution in [3.05, 3.63) is 56.6 Å². The number of rotatable bonds is 0. The molecule has 0 amide bonds. The molecule has 30 heavy (non-hydrogen) atoms. The van der Waals surface area contributed by atoms with Gasteiger partial charge in [0.1, 0.15) is 11.5 Å². The first-order valence-corrected chi connectivity index (χ1v) is 11.1. The van der Waals surface area contributed by atoms with Gasteiger partial charge in [0, 0.05) is 84.7 Å². The minimum atomic E-state index is 0.359. The van der Waals surface area contributed by atoms with Gasteiger partial charge in [-0.1, -0.05) is 23.2 Å². The van der Waals surface area contributed by atoms with E-state index < -0.39 is 0 Å². The smallest absolute Gasteiger partial charge is 0.124 e. The SMILES string of the molecule is Oc1c2cc(Cl)cc1CN1CCN(Cc3cc(Cl)cc(c3O)CN3CCN(C2)C3)C1. The Hall–Kier alpha value is -1.54. The second-order valence-corrected chi connectivity index (χ2v) is 9.51. The van der Waals surface area contributed by atoms with E-state index in [1.54, 1.807) is 0 Å². The van der Waals surface area contributed by atoms with E-state index in [1.807, 2.05) is 24.3 Å². The van der Waals surface area contributed by atoms with Crippen LogP contribution in [0.1, 0.15) is 22.3 Å². The van der Waals surface area contributed by atoms with Gasteiger partial charge in [-0.3, -0.25) is 19.6 Å². The number of halogens is 2. The van der Waals surface area contributed by atoms with Gasteiger partial charge < -0.3 is 10.2 Å². The third kappa shape index (κ3) is 4.13. The Labute approximate surface area is 186 Å². The fourth-order valence-corrected chi connectivity index (χ4v) is 5.34. The fourth-order valence-electron chi connectivity index (χ4n) is 4.81. The van der Waals surface area contributed by atoms with E-state index in [1.165, 1.54) is 0 Å². The Morgan fingerprint density at radius 1 is 0.533 bits per heavy atom. The van der Waals surface area contributed by atoms with Crippen molar-refractivity contribution in [2.45, 2.75) is 26.2 Å². The zero-order valence-corrected chi connectivity index (χ0v) is 18.3. The van der Waals surface area contributed by atoms with Crippen LogP contribution in [0.5, 0.6) is 11.5 Å². The average molecular weight is 449 g/mol.